The molecule has 0 aromatic heterocycles. The molecule has 80 valence electrons. The highest BCUT2D eigenvalue weighted by molar-refractivity contribution is 5.14. The molecule has 14 heavy (non-hydrogen) atoms. The third-order valence-corrected chi connectivity index (χ3v) is 2.15. The van der Waals surface area contributed by atoms with Crippen molar-refractivity contribution in [2.45, 2.75) is 46.5 Å². The SMILES string of the molecule is C/C=C(/CC)C/C=C\C(F)=C/CCC. The van der Waals surface area contributed by atoms with Gasteiger partial charge in [0.1, 0.15) is 5.83 Å². The maximum Gasteiger partial charge on any atom is 0.118 e. The van der Waals surface area contributed by atoms with Crippen molar-refractivity contribution in [2.24, 2.45) is 0 Å². The first kappa shape index (κ1) is 13.2. The summed E-state index contributed by atoms with van der Waals surface area (Å²) in [6.07, 6.45) is 10.9. The van der Waals surface area contributed by atoms with Gasteiger partial charge < -0.3 is 0 Å². The first-order valence-electron chi connectivity index (χ1n) is 5.40. The maximum atomic E-state index is 13.0. The average Bonchev–Trinajstić information content (AvgIpc) is 2.21. The number of hydrogen-bond acceptors (Lipinski definition) is 0. The van der Waals surface area contributed by atoms with Crippen LogP contribution < -0.4 is 0 Å². The Kier molecular flexibility index (Phi) is 8.20. The van der Waals surface area contributed by atoms with Crippen LogP contribution in [-0.2, 0) is 0 Å². The minimum absolute atomic E-state index is 0.113. The van der Waals surface area contributed by atoms with E-state index in [1.165, 1.54) is 5.57 Å². The van der Waals surface area contributed by atoms with E-state index in [1.807, 2.05) is 19.9 Å². The van der Waals surface area contributed by atoms with E-state index in [4.69, 9.17) is 0 Å². The van der Waals surface area contributed by atoms with Gasteiger partial charge in [-0.2, -0.15) is 0 Å². The van der Waals surface area contributed by atoms with Crippen molar-refractivity contribution in [3.8, 4) is 0 Å². The van der Waals surface area contributed by atoms with E-state index in [2.05, 4.69) is 13.0 Å². The largest absolute Gasteiger partial charge is 0.207 e. The Balaban J connectivity index is 3.93. The fourth-order valence-electron chi connectivity index (χ4n) is 1.14. The van der Waals surface area contributed by atoms with Crippen LogP contribution >= 0.6 is 0 Å². The van der Waals surface area contributed by atoms with E-state index in [-0.39, 0.29) is 5.83 Å². The van der Waals surface area contributed by atoms with Crippen LogP contribution in [0, 0.1) is 0 Å². The molecule has 0 aromatic rings. The standard InChI is InChI=1S/C13H21F/c1-4-7-10-13(14)11-8-9-12(5-2)6-3/h5,8,10-11H,4,6-7,9H2,1-3H3/b11-8-,12-5-,13-10+. The normalized spacial score (nSPS) is 14.0. The second kappa shape index (κ2) is 8.74. The third kappa shape index (κ3) is 6.64. The van der Waals surface area contributed by atoms with E-state index in [0.717, 1.165) is 25.7 Å². The average molecular weight is 196 g/mol. The lowest BCUT2D eigenvalue weighted by atomic mass is 10.1. The smallest absolute Gasteiger partial charge is 0.118 e. The molecule has 0 radical (unpaired) electrons. The molecule has 0 aliphatic carbocycles. The third-order valence-electron chi connectivity index (χ3n) is 2.15. The number of allylic oxidation sites excluding steroid dienone is 6. The maximum absolute atomic E-state index is 13.0. The minimum atomic E-state index is -0.113. The highest BCUT2D eigenvalue weighted by Crippen LogP contribution is 2.09. The van der Waals surface area contributed by atoms with Gasteiger partial charge in [-0.1, -0.05) is 38.0 Å². The topological polar surface area (TPSA) is 0 Å². The predicted octanol–water partition coefficient (Wildman–Crippen LogP) is 4.94. The number of rotatable bonds is 6. The quantitative estimate of drug-likeness (QED) is 0.417. The summed E-state index contributed by atoms with van der Waals surface area (Å²) < 4.78 is 13.0. The zero-order valence-corrected chi connectivity index (χ0v) is 9.52. The van der Waals surface area contributed by atoms with Gasteiger partial charge in [-0.05, 0) is 38.3 Å². The second-order valence-electron chi connectivity index (χ2n) is 3.28. The molecule has 0 saturated carbocycles. The molecule has 0 spiro atoms. The molecular formula is C13H21F. The molecule has 0 rings (SSSR count). The van der Waals surface area contributed by atoms with Crippen molar-refractivity contribution in [1.29, 1.82) is 0 Å². The lowest BCUT2D eigenvalue weighted by Crippen LogP contribution is -1.77. The summed E-state index contributed by atoms with van der Waals surface area (Å²) in [7, 11) is 0. The van der Waals surface area contributed by atoms with Gasteiger partial charge in [-0.15, -0.1) is 0 Å². The monoisotopic (exact) mass is 196 g/mol. The molecule has 0 aliphatic rings. The van der Waals surface area contributed by atoms with E-state index in [0.29, 0.717) is 0 Å². The molecule has 1 heteroatoms. The molecule has 0 saturated heterocycles. The fourth-order valence-corrected chi connectivity index (χ4v) is 1.14. The lowest BCUT2D eigenvalue weighted by molar-refractivity contribution is 0.657. The molecule has 0 aliphatic heterocycles. The molecule has 0 bridgehead atoms. The Morgan fingerprint density at radius 3 is 2.50 bits per heavy atom. The van der Waals surface area contributed by atoms with Crippen molar-refractivity contribution in [3.63, 3.8) is 0 Å². The van der Waals surface area contributed by atoms with E-state index >= 15 is 0 Å². The molecule has 0 nitrogen and oxygen atoms in total. The van der Waals surface area contributed by atoms with E-state index in [1.54, 1.807) is 12.2 Å². The fraction of sp³-hybridized carbons (Fsp3) is 0.538. The molecule has 0 fully saturated rings. The predicted molar refractivity (Wildman–Crippen MR) is 61.9 cm³/mol. The summed E-state index contributed by atoms with van der Waals surface area (Å²) in [4.78, 5) is 0. The number of hydrogen-bond donors (Lipinski definition) is 0. The Morgan fingerprint density at radius 2 is 2.00 bits per heavy atom. The molecular weight excluding hydrogens is 175 g/mol. The van der Waals surface area contributed by atoms with E-state index in [9.17, 15) is 4.39 Å². The summed E-state index contributed by atoms with van der Waals surface area (Å²) in [5.74, 6) is -0.113. The molecule has 0 atom stereocenters. The van der Waals surface area contributed by atoms with Crippen molar-refractivity contribution in [1.82, 2.24) is 0 Å². The van der Waals surface area contributed by atoms with Gasteiger partial charge in [-0.3, -0.25) is 0 Å². The molecule has 0 heterocycles. The summed E-state index contributed by atoms with van der Waals surface area (Å²) in [6, 6.07) is 0. The van der Waals surface area contributed by atoms with Crippen LogP contribution in [0.1, 0.15) is 46.5 Å². The van der Waals surface area contributed by atoms with Crippen LogP contribution in [0.15, 0.2) is 35.7 Å². The van der Waals surface area contributed by atoms with Gasteiger partial charge in [0.15, 0.2) is 0 Å². The van der Waals surface area contributed by atoms with Gasteiger partial charge in [0.2, 0.25) is 0 Å². The zero-order chi connectivity index (χ0) is 10.8. The van der Waals surface area contributed by atoms with Crippen LogP contribution in [0.2, 0.25) is 0 Å². The van der Waals surface area contributed by atoms with Crippen LogP contribution in [-0.4, -0.2) is 0 Å². The Hall–Kier alpha value is -0.850. The highest BCUT2D eigenvalue weighted by atomic mass is 19.1. The van der Waals surface area contributed by atoms with Gasteiger partial charge in [0, 0.05) is 0 Å². The van der Waals surface area contributed by atoms with Gasteiger partial charge in [0.05, 0.1) is 0 Å². The van der Waals surface area contributed by atoms with Gasteiger partial charge >= 0.3 is 0 Å². The number of halogens is 1. The molecule has 0 aromatic carbocycles. The van der Waals surface area contributed by atoms with E-state index < -0.39 is 0 Å². The van der Waals surface area contributed by atoms with Gasteiger partial charge in [0.25, 0.3) is 0 Å². The van der Waals surface area contributed by atoms with Crippen molar-refractivity contribution >= 4 is 0 Å². The highest BCUT2D eigenvalue weighted by Gasteiger charge is 1.89. The van der Waals surface area contributed by atoms with Crippen LogP contribution in [0.5, 0.6) is 0 Å². The zero-order valence-electron chi connectivity index (χ0n) is 9.52. The molecule has 0 amide bonds. The van der Waals surface area contributed by atoms with Crippen molar-refractivity contribution in [3.05, 3.63) is 35.7 Å². The summed E-state index contributed by atoms with van der Waals surface area (Å²) in [6.45, 7) is 6.19. The van der Waals surface area contributed by atoms with Crippen LogP contribution in [0.3, 0.4) is 0 Å². The Labute approximate surface area is 87.2 Å². The lowest BCUT2D eigenvalue weighted by Gasteiger charge is -1.96. The summed E-state index contributed by atoms with van der Waals surface area (Å²) in [5, 5.41) is 0. The van der Waals surface area contributed by atoms with Crippen molar-refractivity contribution in [2.75, 3.05) is 0 Å². The summed E-state index contributed by atoms with van der Waals surface area (Å²) >= 11 is 0. The Bertz CT molecular complexity index is 221. The van der Waals surface area contributed by atoms with Crippen molar-refractivity contribution < 1.29 is 4.39 Å². The number of unbranched alkanes of at least 4 members (excludes halogenated alkanes) is 1. The second-order valence-corrected chi connectivity index (χ2v) is 3.28. The summed E-state index contributed by atoms with van der Waals surface area (Å²) in [5.41, 5.74) is 1.35. The minimum Gasteiger partial charge on any atom is -0.207 e. The first-order valence-corrected chi connectivity index (χ1v) is 5.40. The van der Waals surface area contributed by atoms with Crippen LogP contribution in [0.25, 0.3) is 0 Å². The first-order chi connectivity index (χ1) is 6.74. The molecule has 0 unspecified atom stereocenters. The van der Waals surface area contributed by atoms with Crippen LogP contribution in [0.4, 0.5) is 4.39 Å². The Morgan fingerprint density at radius 1 is 1.29 bits per heavy atom. The molecule has 0 N–H and O–H groups in total. The van der Waals surface area contributed by atoms with Gasteiger partial charge in [-0.25, -0.2) is 4.39 Å².